The molecule has 18 heavy (non-hydrogen) atoms. The maximum atomic E-state index is 12.0. The Labute approximate surface area is 124 Å². The molecule has 0 aliphatic carbocycles. The van der Waals surface area contributed by atoms with Gasteiger partial charge in [-0.3, -0.25) is 0 Å². The van der Waals surface area contributed by atoms with Gasteiger partial charge in [0.25, 0.3) is 0 Å². The summed E-state index contributed by atoms with van der Waals surface area (Å²) in [5.74, 6) is 0.266. The summed E-state index contributed by atoms with van der Waals surface area (Å²) in [6, 6.07) is 12.9. The Morgan fingerprint density at radius 3 is 2.44 bits per heavy atom. The Balaban J connectivity index is 2.37. The Kier molecular flexibility index (Phi) is 4.14. The monoisotopic (exact) mass is 394 g/mol. The van der Waals surface area contributed by atoms with E-state index in [0.717, 1.165) is 3.57 Å². The first-order chi connectivity index (χ1) is 8.49. The Morgan fingerprint density at radius 1 is 1.06 bits per heavy atom. The molecule has 0 fully saturated rings. The molecule has 0 atom stereocenters. The number of benzene rings is 2. The van der Waals surface area contributed by atoms with Gasteiger partial charge >= 0.3 is 10.1 Å². The molecule has 0 saturated heterocycles. The van der Waals surface area contributed by atoms with Gasteiger partial charge in [-0.15, -0.1) is 0 Å². The van der Waals surface area contributed by atoms with Crippen LogP contribution in [0.3, 0.4) is 0 Å². The van der Waals surface area contributed by atoms with E-state index in [1.54, 1.807) is 30.3 Å². The Morgan fingerprint density at radius 2 is 1.78 bits per heavy atom. The van der Waals surface area contributed by atoms with Crippen LogP contribution in [0.5, 0.6) is 5.75 Å². The molecule has 0 aromatic heterocycles. The van der Waals surface area contributed by atoms with Gasteiger partial charge in [0.2, 0.25) is 0 Å². The van der Waals surface area contributed by atoms with Crippen molar-refractivity contribution in [1.82, 2.24) is 0 Å². The molecule has 0 heterocycles. The van der Waals surface area contributed by atoms with Crippen LogP contribution in [0, 0.1) is 3.57 Å². The highest BCUT2D eigenvalue weighted by atomic mass is 127. The first kappa shape index (κ1) is 13.6. The largest absolute Gasteiger partial charge is 0.379 e. The first-order valence-corrected chi connectivity index (χ1v) is 7.80. The molecular formula is C12H8ClIO3S. The lowest BCUT2D eigenvalue weighted by atomic mass is 10.3. The van der Waals surface area contributed by atoms with E-state index in [-0.39, 0.29) is 15.7 Å². The lowest BCUT2D eigenvalue weighted by Crippen LogP contribution is -2.10. The molecule has 0 aliphatic rings. The van der Waals surface area contributed by atoms with Gasteiger partial charge in [-0.25, -0.2) is 0 Å². The summed E-state index contributed by atoms with van der Waals surface area (Å²) in [5, 5.41) is 0.142. The summed E-state index contributed by atoms with van der Waals surface area (Å²) < 4.78 is 30.0. The third-order valence-corrected chi connectivity index (χ3v) is 4.53. The standard InChI is InChI=1S/C12H8ClIO3S/c13-11-6-1-2-7-12(11)18(15,16)17-10-5-3-4-9(14)8-10/h1-8H. The summed E-state index contributed by atoms with van der Waals surface area (Å²) in [6.45, 7) is 0. The lowest BCUT2D eigenvalue weighted by molar-refractivity contribution is 0.486. The fraction of sp³-hybridized carbons (Fsp3) is 0. The van der Waals surface area contributed by atoms with Gasteiger partial charge in [-0.2, -0.15) is 8.42 Å². The van der Waals surface area contributed by atoms with Crippen LogP contribution < -0.4 is 4.18 Å². The Bertz CT molecular complexity index is 671. The number of rotatable bonds is 3. The van der Waals surface area contributed by atoms with Crippen molar-refractivity contribution in [1.29, 1.82) is 0 Å². The van der Waals surface area contributed by atoms with Crippen LogP contribution >= 0.6 is 34.2 Å². The van der Waals surface area contributed by atoms with Crippen molar-refractivity contribution in [2.45, 2.75) is 4.90 Å². The maximum absolute atomic E-state index is 12.0. The average Bonchev–Trinajstić information content (AvgIpc) is 2.28. The van der Waals surface area contributed by atoms with E-state index in [2.05, 4.69) is 22.6 Å². The van der Waals surface area contributed by atoms with Gasteiger partial charge < -0.3 is 4.18 Å². The minimum atomic E-state index is -3.90. The van der Waals surface area contributed by atoms with Gasteiger partial charge in [0.05, 0.1) is 5.02 Å². The molecule has 0 amide bonds. The highest BCUT2D eigenvalue weighted by Crippen LogP contribution is 2.25. The van der Waals surface area contributed by atoms with Crippen LogP contribution in [0.1, 0.15) is 0 Å². The van der Waals surface area contributed by atoms with Crippen molar-refractivity contribution in [3.63, 3.8) is 0 Å². The van der Waals surface area contributed by atoms with Crippen LogP contribution in [0.25, 0.3) is 0 Å². The average molecular weight is 395 g/mol. The fourth-order valence-electron chi connectivity index (χ4n) is 1.34. The quantitative estimate of drug-likeness (QED) is 0.589. The highest BCUT2D eigenvalue weighted by Gasteiger charge is 2.19. The van der Waals surface area contributed by atoms with E-state index >= 15 is 0 Å². The summed E-state index contributed by atoms with van der Waals surface area (Å²) in [4.78, 5) is -0.0365. The molecule has 0 spiro atoms. The molecule has 3 nitrogen and oxygen atoms in total. The van der Waals surface area contributed by atoms with Crippen LogP contribution in [0.15, 0.2) is 53.4 Å². The molecule has 2 rings (SSSR count). The third kappa shape index (κ3) is 3.15. The van der Waals surface area contributed by atoms with E-state index in [9.17, 15) is 8.42 Å². The molecule has 0 saturated carbocycles. The summed E-state index contributed by atoms with van der Waals surface area (Å²) in [7, 11) is -3.90. The lowest BCUT2D eigenvalue weighted by Gasteiger charge is -2.08. The van der Waals surface area contributed by atoms with Crippen LogP contribution in [0.2, 0.25) is 5.02 Å². The maximum Gasteiger partial charge on any atom is 0.340 e. The molecule has 0 bridgehead atoms. The normalized spacial score (nSPS) is 11.2. The predicted molar refractivity (Wildman–Crippen MR) is 78.4 cm³/mol. The SMILES string of the molecule is O=S(=O)(Oc1cccc(I)c1)c1ccccc1Cl. The zero-order valence-corrected chi connectivity index (χ0v) is 12.7. The summed E-state index contributed by atoms with van der Waals surface area (Å²) in [6.07, 6.45) is 0. The smallest absolute Gasteiger partial charge is 0.340 e. The molecule has 6 heteroatoms. The number of hydrogen-bond donors (Lipinski definition) is 0. The van der Waals surface area contributed by atoms with E-state index in [4.69, 9.17) is 15.8 Å². The van der Waals surface area contributed by atoms with E-state index < -0.39 is 10.1 Å². The van der Waals surface area contributed by atoms with Crippen LogP contribution in [-0.4, -0.2) is 8.42 Å². The van der Waals surface area contributed by atoms with E-state index in [1.165, 1.54) is 12.1 Å². The second-order valence-electron chi connectivity index (χ2n) is 3.43. The highest BCUT2D eigenvalue weighted by molar-refractivity contribution is 14.1. The van der Waals surface area contributed by atoms with Crippen LogP contribution in [0.4, 0.5) is 0 Å². The molecule has 94 valence electrons. The van der Waals surface area contributed by atoms with E-state index in [1.807, 2.05) is 6.07 Å². The van der Waals surface area contributed by atoms with Gasteiger partial charge in [0.1, 0.15) is 10.6 Å². The van der Waals surface area contributed by atoms with E-state index in [0.29, 0.717) is 0 Å². The van der Waals surface area contributed by atoms with Gasteiger partial charge in [-0.05, 0) is 52.9 Å². The summed E-state index contributed by atoms with van der Waals surface area (Å²) in [5.41, 5.74) is 0. The summed E-state index contributed by atoms with van der Waals surface area (Å²) >= 11 is 7.92. The van der Waals surface area contributed by atoms with Gasteiger partial charge in [0.15, 0.2) is 0 Å². The van der Waals surface area contributed by atoms with Crippen LogP contribution in [-0.2, 0) is 10.1 Å². The molecule has 2 aromatic rings. The molecular weight excluding hydrogens is 387 g/mol. The molecule has 2 aromatic carbocycles. The molecule has 0 N–H and O–H groups in total. The van der Waals surface area contributed by atoms with Crippen molar-refractivity contribution >= 4 is 44.3 Å². The molecule has 0 unspecified atom stereocenters. The molecule has 0 radical (unpaired) electrons. The zero-order valence-electron chi connectivity index (χ0n) is 9.01. The van der Waals surface area contributed by atoms with Crippen molar-refractivity contribution in [3.05, 3.63) is 57.1 Å². The topological polar surface area (TPSA) is 43.4 Å². The zero-order chi connectivity index (χ0) is 13.2. The first-order valence-electron chi connectivity index (χ1n) is 4.93. The Hall–Kier alpha value is -0.790. The van der Waals surface area contributed by atoms with Crippen molar-refractivity contribution in [2.24, 2.45) is 0 Å². The second kappa shape index (κ2) is 5.46. The van der Waals surface area contributed by atoms with Gasteiger partial charge in [0, 0.05) is 3.57 Å². The van der Waals surface area contributed by atoms with Crippen molar-refractivity contribution in [3.8, 4) is 5.75 Å². The van der Waals surface area contributed by atoms with Crippen molar-refractivity contribution < 1.29 is 12.6 Å². The predicted octanol–water partition coefficient (Wildman–Crippen LogP) is 3.71. The van der Waals surface area contributed by atoms with Crippen molar-refractivity contribution in [2.75, 3.05) is 0 Å². The third-order valence-electron chi connectivity index (χ3n) is 2.11. The number of hydrogen-bond acceptors (Lipinski definition) is 3. The van der Waals surface area contributed by atoms with Gasteiger partial charge in [-0.1, -0.05) is 29.8 Å². The second-order valence-corrected chi connectivity index (χ2v) is 6.59. The fourth-order valence-corrected chi connectivity index (χ4v) is 3.27. The minimum Gasteiger partial charge on any atom is -0.379 e. The molecule has 0 aliphatic heterocycles. The number of halogens is 2. The minimum absolute atomic E-state index is 0.0365.